The van der Waals surface area contributed by atoms with Crippen LogP contribution in [0.2, 0.25) is 0 Å². The number of carbonyl (C=O) groups excluding carboxylic acids is 1. The molecule has 0 unspecified atom stereocenters. The number of halogens is 3. The molecule has 0 saturated carbocycles. The van der Waals surface area contributed by atoms with E-state index in [2.05, 4.69) is 19.2 Å². The summed E-state index contributed by atoms with van der Waals surface area (Å²) in [4.78, 5) is 12.0. The first-order valence-electron chi connectivity index (χ1n) is 7.40. The van der Waals surface area contributed by atoms with Crippen molar-refractivity contribution >= 4 is 27.5 Å². The van der Waals surface area contributed by atoms with Crippen LogP contribution in [0.5, 0.6) is 5.75 Å². The van der Waals surface area contributed by atoms with Crippen LogP contribution in [0, 0.1) is 0 Å². The lowest BCUT2D eigenvalue weighted by Crippen LogP contribution is -2.28. The number of benzene rings is 1. The summed E-state index contributed by atoms with van der Waals surface area (Å²) >= 11 is 0. The third kappa shape index (κ3) is 5.76. The Kier molecular flexibility index (Phi) is 5.59. The maximum Gasteiger partial charge on any atom is 0.573 e. The summed E-state index contributed by atoms with van der Waals surface area (Å²) in [6, 6.07) is 4.74. The predicted octanol–water partition coefficient (Wildman–Crippen LogP) is 2.89. The van der Waals surface area contributed by atoms with Crippen molar-refractivity contribution in [1.82, 2.24) is 4.72 Å². The molecule has 26 heavy (non-hydrogen) atoms. The summed E-state index contributed by atoms with van der Waals surface area (Å²) in [6.07, 6.45) is -4.48. The number of anilines is 1. The molecule has 0 bridgehead atoms. The third-order valence-corrected chi connectivity index (χ3v) is 4.48. The zero-order chi connectivity index (χ0) is 19.5. The molecule has 1 aromatic carbocycles. The van der Waals surface area contributed by atoms with Crippen molar-refractivity contribution in [3.05, 3.63) is 35.5 Å². The van der Waals surface area contributed by atoms with E-state index in [0.717, 1.165) is 12.1 Å². The average Bonchev–Trinajstić information content (AvgIpc) is 2.45. The number of alkyl halides is 3. The number of hydrogen-bond donors (Lipinski definition) is 2. The predicted molar refractivity (Wildman–Crippen MR) is 88.9 cm³/mol. The quantitative estimate of drug-likeness (QED) is 0.807. The molecule has 2 rings (SSSR count). The summed E-state index contributed by atoms with van der Waals surface area (Å²) in [5.74, 6) is -0.770. The van der Waals surface area contributed by atoms with Crippen LogP contribution in [0.3, 0.4) is 0 Å². The van der Waals surface area contributed by atoms with Gasteiger partial charge in [-0.25, -0.2) is 0 Å². The van der Waals surface area contributed by atoms with Gasteiger partial charge in [0.1, 0.15) is 5.75 Å². The van der Waals surface area contributed by atoms with Gasteiger partial charge in [-0.15, -0.1) is 17.6 Å². The Bertz CT molecular complexity index is 859. The van der Waals surface area contributed by atoms with Crippen LogP contribution >= 0.6 is 0 Å². The van der Waals surface area contributed by atoms with Crippen molar-refractivity contribution in [3.8, 4) is 5.75 Å². The minimum atomic E-state index is -4.78. The second-order valence-corrected chi connectivity index (χ2v) is 6.81. The largest absolute Gasteiger partial charge is 0.573 e. The molecule has 0 radical (unpaired) electrons. The number of ether oxygens (including phenoxy) is 1. The number of carbonyl (C=O) groups is 1. The number of hydrogen-bond acceptors (Lipinski definition) is 4. The van der Waals surface area contributed by atoms with E-state index in [1.165, 1.54) is 19.1 Å². The molecule has 0 saturated heterocycles. The molecule has 1 aliphatic rings. The minimum absolute atomic E-state index is 0.0437. The molecule has 142 valence electrons. The number of allylic oxidation sites excluding steroid dienone is 2. The summed E-state index contributed by atoms with van der Waals surface area (Å²) in [5, 5.41) is 2.54. The van der Waals surface area contributed by atoms with Crippen molar-refractivity contribution < 1.29 is 31.1 Å². The van der Waals surface area contributed by atoms with Crippen LogP contribution < -0.4 is 14.8 Å². The van der Waals surface area contributed by atoms with Gasteiger partial charge in [-0.3, -0.25) is 9.52 Å². The summed E-state index contributed by atoms with van der Waals surface area (Å²) in [5.41, 5.74) is 1.63. The van der Waals surface area contributed by atoms with E-state index in [1.54, 1.807) is 6.92 Å². The molecule has 1 amide bonds. The molecule has 11 heteroatoms. The van der Waals surface area contributed by atoms with Gasteiger partial charge >= 0.3 is 16.6 Å². The SMILES string of the molecule is CC1=NS(=O)(=O)NC(C)=C1CCC(=O)Nc1ccc(OC(F)(F)F)cc1. The van der Waals surface area contributed by atoms with Crippen LogP contribution in [0.25, 0.3) is 0 Å². The molecule has 0 aromatic heterocycles. The lowest BCUT2D eigenvalue weighted by Gasteiger charge is -2.17. The fourth-order valence-electron chi connectivity index (χ4n) is 2.35. The Morgan fingerprint density at radius 3 is 2.38 bits per heavy atom. The van der Waals surface area contributed by atoms with Crippen molar-refractivity contribution in [3.63, 3.8) is 0 Å². The van der Waals surface area contributed by atoms with Gasteiger partial charge in [0.25, 0.3) is 0 Å². The number of amides is 1. The van der Waals surface area contributed by atoms with Gasteiger partial charge in [0.05, 0.1) is 5.71 Å². The Balaban J connectivity index is 1.92. The maximum absolute atomic E-state index is 12.1. The molecular formula is C15H16F3N3O4S. The van der Waals surface area contributed by atoms with Crippen molar-refractivity contribution in [2.75, 3.05) is 5.32 Å². The van der Waals surface area contributed by atoms with E-state index >= 15 is 0 Å². The topological polar surface area (TPSA) is 96.9 Å². The van der Waals surface area contributed by atoms with Crippen LogP contribution in [0.1, 0.15) is 26.7 Å². The van der Waals surface area contributed by atoms with Crippen LogP contribution in [0.15, 0.2) is 39.9 Å². The van der Waals surface area contributed by atoms with Crippen LogP contribution in [-0.2, 0) is 15.0 Å². The number of nitrogens with one attached hydrogen (secondary N) is 2. The van der Waals surface area contributed by atoms with E-state index in [1.807, 2.05) is 0 Å². The van der Waals surface area contributed by atoms with Crippen LogP contribution in [0.4, 0.5) is 18.9 Å². The number of rotatable bonds is 5. The smallest absolute Gasteiger partial charge is 0.406 e. The summed E-state index contributed by atoms with van der Waals surface area (Å²) in [6.45, 7) is 3.11. The van der Waals surface area contributed by atoms with E-state index < -0.39 is 22.3 Å². The zero-order valence-electron chi connectivity index (χ0n) is 13.8. The minimum Gasteiger partial charge on any atom is -0.406 e. The first-order chi connectivity index (χ1) is 12.0. The second-order valence-electron chi connectivity index (χ2n) is 5.48. The molecule has 0 fully saturated rings. The lowest BCUT2D eigenvalue weighted by atomic mass is 10.0. The summed E-state index contributed by atoms with van der Waals surface area (Å²) < 4.78 is 68.6. The van der Waals surface area contributed by atoms with Crippen LogP contribution in [-0.4, -0.2) is 26.4 Å². The molecule has 0 aliphatic carbocycles. The van der Waals surface area contributed by atoms with Gasteiger partial charge in [-0.1, -0.05) is 0 Å². The number of nitrogens with zero attached hydrogens (tertiary/aromatic N) is 1. The van der Waals surface area contributed by atoms with Crippen molar-refractivity contribution in [2.24, 2.45) is 4.40 Å². The monoisotopic (exact) mass is 391 g/mol. The van der Waals surface area contributed by atoms with Crippen molar-refractivity contribution in [1.29, 1.82) is 0 Å². The molecule has 1 heterocycles. The fraction of sp³-hybridized carbons (Fsp3) is 0.333. The van der Waals surface area contributed by atoms with Gasteiger partial charge in [-0.05, 0) is 50.1 Å². The molecular weight excluding hydrogens is 375 g/mol. The van der Waals surface area contributed by atoms with Gasteiger partial charge in [0.2, 0.25) is 5.91 Å². The normalized spacial score (nSPS) is 16.6. The van der Waals surface area contributed by atoms with Gasteiger partial charge in [-0.2, -0.15) is 8.42 Å². The zero-order valence-corrected chi connectivity index (χ0v) is 14.7. The Hall–Kier alpha value is -2.56. The first kappa shape index (κ1) is 19.8. The molecule has 1 aromatic rings. The van der Waals surface area contributed by atoms with E-state index in [4.69, 9.17) is 0 Å². The molecule has 2 N–H and O–H groups in total. The highest BCUT2D eigenvalue weighted by molar-refractivity contribution is 7.88. The van der Waals surface area contributed by atoms with Crippen molar-refractivity contribution in [2.45, 2.75) is 33.1 Å². The van der Waals surface area contributed by atoms with E-state index in [0.29, 0.717) is 22.7 Å². The lowest BCUT2D eigenvalue weighted by molar-refractivity contribution is -0.274. The average molecular weight is 391 g/mol. The molecule has 7 nitrogen and oxygen atoms in total. The fourth-order valence-corrected chi connectivity index (χ4v) is 3.38. The first-order valence-corrected chi connectivity index (χ1v) is 8.84. The van der Waals surface area contributed by atoms with E-state index in [9.17, 15) is 26.4 Å². The Morgan fingerprint density at radius 1 is 1.23 bits per heavy atom. The molecule has 0 atom stereocenters. The molecule has 0 spiro atoms. The van der Waals surface area contributed by atoms with Gasteiger partial charge in [0, 0.05) is 17.8 Å². The highest BCUT2D eigenvalue weighted by Gasteiger charge is 2.31. The highest BCUT2D eigenvalue weighted by Crippen LogP contribution is 2.24. The third-order valence-electron chi connectivity index (χ3n) is 3.40. The highest BCUT2D eigenvalue weighted by atomic mass is 32.2. The Morgan fingerprint density at radius 2 is 1.85 bits per heavy atom. The van der Waals surface area contributed by atoms with E-state index in [-0.39, 0.29) is 18.7 Å². The maximum atomic E-state index is 12.1. The molecule has 1 aliphatic heterocycles. The standard InChI is InChI=1S/C15H16F3N3O4S/c1-9-13(10(2)21-26(23,24)20-9)7-8-14(22)19-11-3-5-12(6-4-11)25-15(16,17)18/h3-6,20H,7-8H2,1-2H3,(H,19,22). The van der Waals surface area contributed by atoms with Gasteiger partial charge in [0.15, 0.2) is 0 Å². The second kappa shape index (κ2) is 7.36. The Labute approximate surface area is 148 Å². The summed E-state index contributed by atoms with van der Waals surface area (Å²) in [7, 11) is -3.73. The van der Waals surface area contributed by atoms with Gasteiger partial charge < -0.3 is 10.1 Å².